The Bertz CT molecular complexity index is 1320. The number of thioether (sulfide) groups is 1. The molecule has 6 nitrogen and oxygen atoms in total. The summed E-state index contributed by atoms with van der Waals surface area (Å²) in [7, 11) is 2.15. The number of thiophene rings is 1. The molecule has 0 aliphatic heterocycles. The number of aromatic nitrogens is 3. The summed E-state index contributed by atoms with van der Waals surface area (Å²) in [4.78, 5) is 15.8. The number of methoxy groups -OCH3 is 2. The van der Waals surface area contributed by atoms with Crippen molar-refractivity contribution in [3.05, 3.63) is 65.6 Å². The van der Waals surface area contributed by atoms with Crippen molar-refractivity contribution in [1.29, 1.82) is 0 Å². The molecular weight excluding hydrogens is 486 g/mol. The van der Waals surface area contributed by atoms with E-state index in [2.05, 4.69) is 21.0 Å². The van der Waals surface area contributed by atoms with Crippen LogP contribution in [0.5, 0.6) is 11.5 Å². The molecule has 0 bridgehead atoms. The summed E-state index contributed by atoms with van der Waals surface area (Å²) in [5.74, 6) is 2.09. The van der Waals surface area contributed by atoms with Crippen molar-refractivity contribution < 1.29 is 13.7 Å². The van der Waals surface area contributed by atoms with Gasteiger partial charge < -0.3 is 9.47 Å². The Morgan fingerprint density at radius 2 is 1.65 bits per heavy atom. The van der Waals surface area contributed by atoms with Gasteiger partial charge in [0.25, 0.3) is 0 Å². The van der Waals surface area contributed by atoms with Crippen molar-refractivity contribution in [3.8, 4) is 32.4 Å². The van der Waals surface area contributed by atoms with Gasteiger partial charge in [0.05, 0.1) is 25.0 Å². The highest BCUT2D eigenvalue weighted by Gasteiger charge is 2.16. The predicted molar refractivity (Wildman–Crippen MR) is 139 cm³/mol. The summed E-state index contributed by atoms with van der Waals surface area (Å²) < 4.78 is 22.7. The van der Waals surface area contributed by atoms with Crippen molar-refractivity contribution >= 4 is 33.9 Å². The zero-order valence-electron chi connectivity index (χ0n) is 19.6. The smallest absolute Gasteiger partial charge is 0.188 e. The lowest BCUT2D eigenvalue weighted by molar-refractivity contribution is 0.355. The third-order valence-electron chi connectivity index (χ3n) is 5.09. The van der Waals surface area contributed by atoms with Gasteiger partial charge in [0.1, 0.15) is 5.03 Å². The largest absolute Gasteiger partial charge is 0.493 e. The number of benzene rings is 1. The fraction of sp³-hybridized carbons (Fsp3) is 0.240. The van der Waals surface area contributed by atoms with Gasteiger partial charge in [0.2, 0.25) is 0 Å². The van der Waals surface area contributed by atoms with Crippen molar-refractivity contribution in [2.24, 2.45) is 0 Å². The highest BCUT2D eigenvalue weighted by atomic mass is 32.2. The maximum Gasteiger partial charge on any atom is 0.188 e. The number of hydrogen-bond donors (Lipinski definition) is 0. The van der Waals surface area contributed by atoms with E-state index >= 15 is 0 Å². The molecule has 3 aromatic heterocycles. The molecule has 1 atom stereocenters. The summed E-state index contributed by atoms with van der Waals surface area (Å²) in [6, 6.07) is 13.9. The van der Waals surface area contributed by atoms with Gasteiger partial charge in [-0.2, -0.15) is 0 Å². The highest BCUT2D eigenvalue weighted by Crippen LogP contribution is 2.42. The lowest BCUT2D eigenvalue weighted by Gasteiger charge is -2.08. The Hall–Kier alpha value is -2.75. The summed E-state index contributed by atoms with van der Waals surface area (Å²) in [5, 5.41) is 1.33. The van der Waals surface area contributed by atoms with Crippen LogP contribution < -0.4 is 9.47 Å². The average Bonchev–Trinajstić information content (AvgIpc) is 3.26. The molecule has 0 saturated heterocycles. The zero-order chi connectivity index (χ0) is 24.2. The van der Waals surface area contributed by atoms with E-state index in [1.54, 1.807) is 49.8 Å². The molecule has 0 N–H and O–H groups in total. The third kappa shape index (κ3) is 5.48. The Balaban J connectivity index is 1.73. The second-order valence-corrected chi connectivity index (χ2v) is 10.9. The summed E-state index contributed by atoms with van der Waals surface area (Å²) in [5.41, 5.74) is 5.11. The Morgan fingerprint density at radius 1 is 0.941 bits per heavy atom. The monoisotopic (exact) mass is 511 g/mol. The number of aryl methyl sites for hydroxylation is 2. The van der Waals surface area contributed by atoms with Crippen LogP contribution in [0, 0.1) is 13.8 Å². The van der Waals surface area contributed by atoms with Crippen molar-refractivity contribution in [2.75, 3.05) is 20.5 Å². The fourth-order valence-corrected chi connectivity index (χ4v) is 6.15. The number of hydrogen-bond acceptors (Lipinski definition) is 8. The fourth-order valence-electron chi connectivity index (χ4n) is 3.50. The van der Waals surface area contributed by atoms with Gasteiger partial charge in [-0.3, -0.25) is 4.21 Å². The lowest BCUT2D eigenvalue weighted by Crippen LogP contribution is -1.94. The van der Waals surface area contributed by atoms with Crippen LogP contribution >= 0.6 is 23.1 Å². The highest BCUT2D eigenvalue weighted by molar-refractivity contribution is 7.98. The molecule has 1 aromatic carbocycles. The van der Waals surface area contributed by atoms with Gasteiger partial charge in [0.15, 0.2) is 16.7 Å². The van der Waals surface area contributed by atoms with Crippen LogP contribution in [0.4, 0.5) is 0 Å². The summed E-state index contributed by atoms with van der Waals surface area (Å²) in [6.45, 7) is 3.96. The molecule has 9 heteroatoms. The minimum atomic E-state index is -1.12. The van der Waals surface area contributed by atoms with Crippen molar-refractivity contribution in [1.82, 2.24) is 15.0 Å². The first-order chi connectivity index (χ1) is 16.4. The minimum absolute atomic E-state index is 0.569. The number of rotatable bonds is 8. The topological polar surface area (TPSA) is 74.2 Å². The van der Waals surface area contributed by atoms with Crippen LogP contribution in [0.3, 0.4) is 0 Å². The molecular formula is C25H25N3O3S3. The van der Waals surface area contributed by atoms with E-state index < -0.39 is 10.8 Å². The van der Waals surface area contributed by atoms with Gasteiger partial charge >= 0.3 is 0 Å². The number of pyridine rings is 1. The molecule has 34 heavy (non-hydrogen) atoms. The maximum absolute atomic E-state index is 11.8. The van der Waals surface area contributed by atoms with Crippen LogP contribution in [-0.2, 0) is 16.6 Å². The van der Waals surface area contributed by atoms with E-state index in [-0.39, 0.29) is 0 Å². The molecule has 0 aliphatic rings. The molecule has 0 saturated carbocycles. The standard InChI is InChI=1S/C25H25N3O3S3/c1-15-10-16(2)28-25(27-15)32-14-19-12-22(17-6-8-20(30-3)21(11-17)31-4)33-24(19)18-7-9-23(26-13-18)34(5)29/h6-13H,14H2,1-5H3. The van der Waals surface area contributed by atoms with E-state index in [0.717, 1.165) is 43.0 Å². The molecule has 1 unspecified atom stereocenters. The molecule has 0 radical (unpaired) electrons. The van der Waals surface area contributed by atoms with Crippen LogP contribution in [-0.4, -0.2) is 39.6 Å². The van der Waals surface area contributed by atoms with E-state index in [9.17, 15) is 4.21 Å². The van der Waals surface area contributed by atoms with Crippen LogP contribution in [0.2, 0.25) is 0 Å². The van der Waals surface area contributed by atoms with Crippen LogP contribution in [0.25, 0.3) is 20.9 Å². The Kier molecular flexibility index (Phi) is 7.65. The Morgan fingerprint density at radius 3 is 2.26 bits per heavy atom. The van der Waals surface area contributed by atoms with Gasteiger partial charge in [-0.1, -0.05) is 11.8 Å². The van der Waals surface area contributed by atoms with Gasteiger partial charge in [0, 0.05) is 44.9 Å². The summed E-state index contributed by atoms with van der Waals surface area (Å²) in [6.07, 6.45) is 3.43. The van der Waals surface area contributed by atoms with Crippen LogP contribution in [0.15, 0.2) is 58.8 Å². The second kappa shape index (κ2) is 10.7. The third-order valence-corrected chi connectivity index (χ3v) is 8.09. The number of ether oxygens (including phenoxy) is 2. The minimum Gasteiger partial charge on any atom is -0.493 e. The molecule has 4 aromatic rings. The first kappa shape index (κ1) is 24.4. The lowest BCUT2D eigenvalue weighted by atomic mass is 10.1. The van der Waals surface area contributed by atoms with Gasteiger partial charge in [-0.25, -0.2) is 15.0 Å². The van der Waals surface area contributed by atoms with Crippen LogP contribution in [0.1, 0.15) is 17.0 Å². The van der Waals surface area contributed by atoms with E-state index in [1.165, 1.54) is 0 Å². The van der Waals surface area contributed by atoms with E-state index in [1.807, 2.05) is 50.2 Å². The predicted octanol–water partition coefficient (Wildman–Crippen LogP) is 5.93. The van der Waals surface area contributed by atoms with Crippen molar-refractivity contribution in [2.45, 2.75) is 29.8 Å². The SMILES string of the molecule is COc1ccc(-c2cc(CSc3nc(C)cc(C)n3)c(-c3ccc(S(C)=O)nc3)s2)cc1OC. The molecule has 0 aliphatic carbocycles. The quantitative estimate of drug-likeness (QED) is 0.214. The molecule has 176 valence electrons. The first-order valence-electron chi connectivity index (χ1n) is 10.5. The Labute approximate surface area is 210 Å². The van der Waals surface area contributed by atoms with Gasteiger partial charge in [-0.15, -0.1) is 11.3 Å². The first-order valence-corrected chi connectivity index (χ1v) is 13.8. The molecule has 3 heterocycles. The normalized spacial score (nSPS) is 11.9. The van der Waals surface area contributed by atoms with Gasteiger partial charge in [-0.05, 0) is 67.4 Å². The molecule has 0 fully saturated rings. The average molecular weight is 512 g/mol. The van der Waals surface area contributed by atoms with E-state index in [4.69, 9.17) is 9.47 Å². The zero-order valence-corrected chi connectivity index (χ0v) is 22.1. The maximum atomic E-state index is 11.8. The molecule has 0 amide bonds. The molecule has 4 rings (SSSR count). The molecule has 0 spiro atoms. The second-order valence-electron chi connectivity index (χ2n) is 7.60. The van der Waals surface area contributed by atoms with E-state index in [0.29, 0.717) is 22.3 Å². The van der Waals surface area contributed by atoms with Crippen molar-refractivity contribution in [3.63, 3.8) is 0 Å². The summed E-state index contributed by atoms with van der Waals surface area (Å²) >= 11 is 3.30. The number of nitrogens with zero attached hydrogens (tertiary/aromatic N) is 3.